The Morgan fingerprint density at radius 1 is 0.636 bits per heavy atom. The van der Waals surface area contributed by atoms with Crippen LogP contribution < -0.4 is 0 Å². The lowest BCUT2D eigenvalue weighted by Gasteiger charge is -2.06. The molecular weight excluding hydrogens is 296 g/mol. The molecule has 0 amide bonds. The Morgan fingerprint density at radius 2 is 0.955 bits per heavy atom. The summed E-state index contributed by atoms with van der Waals surface area (Å²) in [6, 6.07) is 0. The van der Waals surface area contributed by atoms with Gasteiger partial charge in [-0.25, -0.2) is 9.59 Å². The van der Waals surface area contributed by atoms with Crippen LogP contribution in [0.2, 0.25) is 0 Å². The monoisotopic (exact) mass is 314 g/mol. The molecule has 0 heterocycles. The lowest BCUT2D eigenvalue weighted by atomic mass is 10.3. The minimum absolute atomic E-state index is 0.0876. The van der Waals surface area contributed by atoms with Crippen LogP contribution in [0.15, 0.2) is 25.3 Å². The van der Waals surface area contributed by atoms with Crippen molar-refractivity contribution in [2.75, 3.05) is 26.4 Å². The molecule has 0 aliphatic carbocycles. The highest BCUT2D eigenvalue weighted by molar-refractivity contribution is 5.81. The van der Waals surface area contributed by atoms with Crippen molar-refractivity contribution in [3.05, 3.63) is 25.3 Å². The van der Waals surface area contributed by atoms with Crippen LogP contribution in [0.4, 0.5) is 0 Å². The highest BCUT2D eigenvalue weighted by Gasteiger charge is 2.09. The molecule has 0 aliphatic heterocycles. The minimum Gasteiger partial charge on any atom is -0.462 e. The molecule has 22 heavy (non-hydrogen) atoms. The van der Waals surface area contributed by atoms with Crippen molar-refractivity contribution < 1.29 is 38.1 Å². The largest absolute Gasteiger partial charge is 0.462 e. The molecule has 0 rings (SSSR count). The summed E-state index contributed by atoms with van der Waals surface area (Å²) in [5.41, 5.74) is 0. The first kappa shape index (κ1) is 19.4. The lowest BCUT2D eigenvalue weighted by molar-refractivity contribution is -0.154. The van der Waals surface area contributed by atoms with Gasteiger partial charge in [0.15, 0.2) is 0 Å². The van der Waals surface area contributed by atoms with Gasteiger partial charge in [-0.2, -0.15) is 0 Å². The maximum absolute atomic E-state index is 11.2. The normalized spacial score (nSPS) is 9.27. The Balaban J connectivity index is 3.58. The Morgan fingerprint density at radius 3 is 1.27 bits per heavy atom. The maximum Gasteiger partial charge on any atom is 0.330 e. The smallest absolute Gasteiger partial charge is 0.330 e. The number of rotatable bonds is 11. The van der Waals surface area contributed by atoms with E-state index in [9.17, 15) is 19.2 Å². The third-order valence-electron chi connectivity index (χ3n) is 2.05. The first-order valence-corrected chi connectivity index (χ1v) is 6.39. The highest BCUT2D eigenvalue weighted by Crippen LogP contribution is 1.96. The van der Waals surface area contributed by atoms with E-state index in [1.54, 1.807) is 0 Å². The van der Waals surface area contributed by atoms with Crippen molar-refractivity contribution in [2.24, 2.45) is 0 Å². The molecule has 0 fully saturated rings. The number of ether oxygens (including phenoxy) is 4. The fourth-order valence-electron chi connectivity index (χ4n) is 1.06. The van der Waals surface area contributed by atoms with Gasteiger partial charge in [0.05, 0.1) is 12.8 Å². The van der Waals surface area contributed by atoms with E-state index in [0.717, 1.165) is 12.2 Å². The predicted octanol–water partition coefficient (Wildman–Crippen LogP) is 0.311. The minimum atomic E-state index is -0.621. The van der Waals surface area contributed by atoms with Crippen LogP contribution >= 0.6 is 0 Å². The first-order chi connectivity index (χ1) is 10.5. The summed E-state index contributed by atoms with van der Waals surface area (Å²) < 4.78 is 18.6. The Kier molecular flexibility index (Phi) is 10.7. The standard InChI is InChI=1S/C14H18O8/c1-3-11(15)19-7-9-21-13(17)5-6-14(18)22-10-8-20-12(16)4-2/h3-4H,1-2,5-10H2. The lowest BCUT2D eigenvalue weighted by Crippen LogP contribution is -2.16. The van der Waals surface area contributed by atoms with Crippen LogP contribution in [-0.4, -0.2) is 50.3 Å². The van der Waals surface area contributed by atoms with Crippen molar-refractivity contribution in [1.29, 1.82) is 0 Å². The van der Waals surface area contributed by atoms with E-state index in [1.165, 1.54) is 0 Å². The van der Waals surface area contributed by atoms with Crippen molar-refractivity contribution in [3.8, 4) is 0 Å². The van der Waals surface area contributed by atoms with Crippen molar-refractivity contribution in [1.82, 2.24) is 0 Å². The van der Waals surface area contributed by atoms with E-state index in [1.807, 2.05) is 0 Å². The van der Waals surface area contributed by atoms with Gasteiger partial charge in [-0.15, -0.1) is 0 Å². The SMILES string of the molecule is C=CC(=O)OCCOC(=O)CCC(=O)OCCOC(=O)C=C. The molecule has 0 atom stereocenters. The van der Waals surface area contributed by atoms with Gasteiger partial charge >= 0.3 is 23.9 Å². The molecule has 0 aliphatic rings. The second-order valence-corrected chi connectivity index (χ2v) is 3.68. The molecular formula is C14H18O8. The Hall–Kier alpha value is -2.64. The molecule has 122 valence electrons. The quantitative estimate of drug-likeness (QED) is 0.232. The maximum atomic E-state index is 11.2. The van der Waals surface area contributed by atoms with Gasteiger partial charge in [0, 0.05) is 12.2 Å². The zero-order valence-electron chi connectivity index (χ0n) is 12.1. The Bertz CT molecular complexity index is 387. The number of hydrogen-bond donors (Lipinski definition) is 0. The van der Waals surface area contributed by atoms with Crippen LogP contribution in [0.1, 0.15) is 12.8 Å². The summed E-state index contributed by atoms with van der Waals surface area (Å²) in [6.45, 7) is 6.02. The van der Waals surface area contributed by atoms with Gasteiger partial charge in [0.1, 0.15) is 26.4 Å². The number of hydrogen-bond acceptors (Lipinski definition) is 8. The van der Waals surface area contributed by atoms with Gasteiger partial charge in [-0.05, 0) is 0 Å². The number of carbonyl (C=O) groups is 4. The second kappa shape index (κ2) is 12.1. The Labute approximate surface area is 127 Å². The van der Waals surface area contributed by atoms with E-state index >= 15 is 0 Å². The molecule has 0 radical (unpaired) electrons. The molecule has 8 nitrogen and oxygen atoms in total. The van der Waals surface area contributed by atoms with Crippen molar-refractivity contribution in [3.63, 3.8) is 0 Å². The van der Waals surface area contributed by atoms with E-state index < -0.39 is 23.9 Å². The fourth-order valence-corrected chi connectivity index (χ4v) is 1.06. The predicted molar refractivity (Wildman–Crippen MR) is 73.5 cm³/mol. The van der Waals surface area contributed by atoms with Crippen LogP contribution in [0, 0.1) is 0 Å². The van der Waals surface area contributed by atoms with Gasteiger partial charge < -0.3 is 18.9 Å². The van der Waals surface area contributed by atoms with Crippen molar-refractivity contribution >= 4 is 23.9 Å². The topological polar surface area (TPSA) is 105 Å². The highest BCUT2D eigenvalue weighted by atomic mass is 16.6. The molecule has 0 saturated carbocycles. The summed E-state index contributed by atoms with van der Waals surface area (Å²) in [5, 5.41) is 0. The van der Waals surface area contributed by atoms with E-state index in [-0.39, 0.29) is 39.3 Å². The number of esters is 4. The van der Waals surface area contributed by atoms with E-state index in [0.29, 0.717) is 0 Å². The summed E-state index contributed by atoms with van der Waals surface area (Å²) in [6.07, 6.45) is 1.65. The average Bonchev–Trinajstić information content (AvgIpc) is 2.52. The molecule has 0 bridgehead atoms. The van der Waals surface area contributed by atoms with Crippen LogP contribution in [-0.2, 0) is 38.1 Å². The molecule has 0 N–H and O–H groups in total. The van der Waals surface area contributed by atoms with Crippen LogP contribution in [0.3, 0.4) is 0 Å². The molecule has 0 aromatic heterocycles. The van der Waals surface area contributed by atoms with Gasteiger partial charge in [-0.3, -0.25) is 9.59 Å². The second-order valence-electron chi connectivity index (χ2n) is 3.68. The van der Waals surface area contributed by atoms with Gasteiger partial charge in [0.25, 0.3) is 0 Å². The average molecular weight is 314 g/mol. The molecule has 0 aromatic carbocycles. The molecule has 0 unspecified atom stereocenters. The summed E-state index contributed by atoms with van der Waals surface area (Å²) in [7, 11) is 0. The molecule has 0 spiro atoms. The third kappa shape index (κ3) is 11.2. The summed E-state index contributed by atoms with van der Waals surface area (Å²) in [5.74, 6) is -2.47. The van der Waals surface area contributed by atoms with Gasteiger partial charge in [0.2, 0.25) is 0 Å². The molecule has 8 heteroatoms. The fraction of sp³-hybridized carbons (Fsp3) is 0.429. The zero-order chi connectivity index (χ0) is 16.8. The van der Waals surface area contributed by atoms with Gasteiger partial charge in [-0.1, -0.05) is 13.2 Å². The molecule has 0 saturated heterocycles. The third-order valence-corrected chi connectivity index (χ3v) is 2.05. The van der Waals surface area contributed by atoms with Crippen LogP contribution in [0.25, 0.3) is 0 Å². The zero-order valence-corrected chi connectivity index (χ0v) is 12.1. The summed E-state index contributed by atoms with van der Waals surface area (Å²) >= 11 is 0. The summed E-state index contributed by atoms with van der Waals surface area (Å²) in [4.78, 5) is 43.9. The first-order valence-electron chi connectivity index (χ1n) is 6.39. The van der Waals surface area contributed by atoms with E-state index in [4.69, 9.17) is 9.47 Å². The van der Waals surface area contributed by atoms with Crippen LogP contribution in [0.5, 0.6) is 0 Å². The number of carbonyl (C=O) groups excluding carboxylic acids is 4. The van der Waals surface area contributed by atoms with Crippen molar-refractivity contribution in [2.45, 2.75) is 12.8 Å². The molecule has 0 aromatic rings. The van der Waals surface area contributed by atoms with E-state index in [2.05, 4.69) is 22.6 Å².